The van der Waals surface area contributed by atoms with Crippen molar-refractivity contribution in [3.05, 3.63) is 131 Å². The molecule has 0 aromatic heterocycles. The first-order valence-electron chi connectivity index (χ1n) is 18.6. The molecule has 296 valence electrons. The summed E-state index contributed by atoms with van der Waals surface area (Å²) >= 11 is 0. The summed E-state index contributed by atoms with van der Waals surface area (Å²) in [6.45, 7) is 5.61. The largest absolute Gasteiger partial charge is 0.504 e. The van der Waals surface area contributed by atoms with Gasteiger partial charge in [-0.3, -0.25) is 19.7 Å². The van der Waals surface area contributed by atoms with Crippen LogP contribution in [-0.2, 0) is 33.8 Å². The van der Waals surface area contributed by atoms with Gasteiger partial charge in [0.25, 0.3) is 0 Å². The minimum atomic E-state index is -1.48. The normalized spacial score (nSPS) is 17.3. The number of fused-ring (bicyclic) bond motifs is 1. The standard InChI is InChI=1S/C44H52N4O8/c1-44(2,3)41(47-37(51)22-18-28-17-21-36(56-5)34(49)24-28)43(54)46-33(23-27-11-7-6-8-12-27)40(52)39(45-26-29-15-19-31(55-4)20-16-29)42(53)48-38-32-14-10-9-13-30(32)25-35(38)50/h6-22,24,33,35,38-41,45,49-50,52H,23,25-26H2,1-5H3,(H,46,54)(H,47,51)(H,48,53)/b22-18+/t33-,35+,38?,39+,40+,41+/m0/s1. The lowest BCUT2D eigenvalue weighted by molar-refractivity contribution is -0.133. The number of methoxy groups -OCH3 is 2. The van der Waals surface area contributed by atoms with Gasteiger partial charge < -0.3 is 40.7 Å². The first-order valence-corrected chi connectivity index (χ1v) is 18.6. The number of aliphatic hydroxyl groups is 2. The lowest BCUT2D eigenvalue weighted by Gasteiger charge is -2.35. The molecule has 4 aromatic carbocycles. The average molecular weight is 765 g/mol. The number of rotatable bonds is 16. The van der Waals surface area contributed by atoms with E-state index in [0.29, 0.717) is 23.5 Å². The molecule has 1 aliphatic rings. The molecule has 5 rings (SSSR count). The highest BCUT2D eigenvalue weighted by molar-refractivity contribution is 5.96. The van der Waals surface area contributed by atoms with Gasteiger partial charge in [0.15, 0.2) is 11.5 Å². The summed E-state index contributed by atoms with van der Waals surface area (Å²) in [6, 6.07) is 24.7. The minimum absolute atomic E-state index is 0.0836. The molecular weight excluding hydrogens is 713 g/mol. The van der Waals surface area contributed by atoms with Crippen LogP contribution >= 0.6 is 0 Å². The number of carbonyl (C=O) groups is 3. The highest BCUT2D eigenvalue weighted by atomic mass is 16.5. The van der Waals surface area contributed by atoms with E-state index in [4.69, 9.17) is 9.47 Å². The van der Waals surface area contributed by atoms with Crippen LogP contribution in [0.5, 0.6) is 17.2 Å². The summed E-state index contributed by atoms with van der Waals surface area (Å²) in [5, 5.41) is 45.3. The summed E-state index contributed by atoms with van der Waals surface area (Å²) < 4.78 is 10.4. The Morgan fingerprint density at radius 1 is 0.857 bits per heavy atom. The molecule has 0 saturated heterocycles. The van der Waals surface area contributed by atoms with E-state index < -0.39 is 59.5 Å². The van der Waals surface area contributed by atoms with Crippen molar-refractivity contribution in [3.63, 3.8) is 0 Å². The molecule has 0 saturated carbocycles. The molecule has 12 heteroatoms. The number of aromatic hydroxyl groups is 1. The zero-order chi connectivity index (χ0) is 40.4. The predicted molar refractivity (Wildman–Crippen MR) is 214 cm³/mol. The van der Waals surface area contributed by atoms with Gasteiger partial charge in [-0.15, -0.1) is 0 Å². The molecule has 3 amide bonds. The number of hydrogen-bond acceptors (Lipinski definition) is 9. The molecule has 56 heavy (non-hydrogen) atoms. The van der Waals surface area contributed by atoms with Gasteiger partial charge in [0.2, 0.25) is 17.7 Å². The molecule has 6 atom stereocenters. The molecule has 0 bridgehead atoms. The summed E-state index contributed by atoms with van der Waals surface area (Å²) in [5.41, 5.74) is 3.11. The third-order valence-electron chi connectivity index (χ3n) is 9.89. The van der Waals surface area contributed by atoms with Crippen LogP contribution < -0.4 is 30.7 Å². The molecule has 7 N–H and O–H groups in total. The van der Waals surface area contributed by atoms with Crippen LogP contribution in [0.15, 0.2) is 103 Å². The molecule has 12 nitrogen and oxygen atoms in total. The summed E-state index contributed by atoms with van der Waals surface area (Å²) in [4.78, 5) is 41.7. The summed E-state index contributed by atoms with van der Waals surface area (Å²) in [7, 11) is 3.01. The molecule has 4 aromatic rings. The maximum Gasteiger partial charge on any atom is 0.244 e. The van der Waals surface area contributed by atoms with Gasteiger partial charge in [-0.1, -0.05) is 93.6 Å². The number of phenols is 1. The summed E-state index contributed by atoms with van der Waals surface area (Å²) in [5.74, 6) is -0.798. The second kappa shape index (κ2) is 18.8. The Labute approximate surface area is 327 Å². The number of aliphatic hydroxyl groups excluding tert-OH is 2. The van der Waals surface area contributed by atoms with Crippen molar-refractivity contribution < 1.29 is 39.2 Å². The van der Waals surface area contributed by atoms with E-state index >= 15 is 0 Å². The first-order chi connectivity index (χ1) is 26.8. The summed E-state index contributed by atoms with van der Waals surface area (Å²) in [6.07, 6.45) is 0.954. The predicted octanol–water partition coefficient (Wildman–Crippen LogP) is 3.97. The van der Waals surface area contributed by atoms with Crippen molar-refractivity contribution in [1.82, 2.24) is 21.3 Å². The van der Waals surface area contributed by atoms with Gasteiger partial charge in [-0.2, -0.15) is 0 Å². The third-order valence-corrected chi connectivity index (χ3v) is 9.89. The van der Waals surface area contributed by atoms with Gasteiger partial charge in [0.05, 0.1) is 38.5 Å². The topological polar surface area (TPSA) is 178 Å². The Morgan fingerprint density at radius 2 is 1.55 bits per heavy atom. The van der Waals surface area contributed by atoms with Crippen molar-refractivity contribution >= 4 is 23.8 Å². The Balaban J connectivity index is 1.41. The monoisotopic (exact) mass is 764 g/mol. The Bertz CT molecular complexity index is 1980. The highest BCUT2D eigenvalue weighted by Crippen LogP contribution is 2.32. The SMILES string of the molecule is COc1ccc(CN[C@@H](C(=O)NC2c3ccccc3C[C@H]2O)[C@H](O)[C@H](Cc2ccccc2)NC(=O)[C@@H](NC(=O)/C=C/c2ccc(OC)c(O)c2)C(C)(C)C)cc1. The highest BCUT2D eigenvalue weighted by Gasteiger charge is 2.40. The van der Waals surface area contributed by atoms with Gasteiger partial charge >= 0.3 is 0 Å². The molecule has 0 radical (unpaired) electrons. The number of ether oxygens (including phenoxy) is 2. The van der Waals surface area contributed by atoms with Crippen molar-refractivity contribution in [1.29, 1.82) is 0 Å². The molecule has 0 fully saturated rings. The van der Waals surface area contributed by atoms with Crippen LogP contribution in [0.25, 0.3) is 6.08 Å². The lowest BCUT2D eigenvalue weighted by atomic mass is 9.85. The molecule has 0 aliphatic heterocycles. The second-order valence-electron chi connectivity index (χ2n) is 15.0. The maximum absolute atomic E-state index is 14.3. The Morgan fingerprint density at radius 3 is 2.21 bits per heavy atom. The Hall–Kier alpha value is -5.69. The molecular formula is C44H52N4O8. The quantitative estimate of drug-likeness (QED) is 0.0832. The van der Waals surface area contributed by atoms with Crippen LogP contribution in [0, 0.1) is 5.41 Å². The number of carbonyl (C=O) groups excluding carboxylic acids is 3. The van der Waals surface area contributed by atoms with Gasteiger partial charge in [0, 0.05) is 19.0 Å². The molecule has 0 heterocycles. The lowest BCUT2D eigenvalue weighted by Crippen LogP contribution is -2.62. The zero-order valence-corrected chi connectivity index (χ0v) is 32.4. The van der Waals surface area contributed by atoms with Crippen molar-refractivity contribution in [2.75, 3.05) is 14.2 Å². The van der Waals surface area contributed by atoms with E-state index in [1.807, 2.05) is 87.5 Å². The van der Waals surface area contributed by atoms with E-state index in [0.717, 1.165) is 22.3 Å². The first kappa shape index (κ1) is 41.5. The van der Waals surface area contributed by atoms with Crippen LogP contribution in [0.3, 0.4) is 0 Å². The van der Waals surface area contributed by atoms with Crippen LogP contribution in [0.2, 0.25) is 0 Å². The fourth-order valence-corrected chi connectivity index (χ4v) is 6.80. The number of amides is 3. The third kappa shape index (κ3) is 10.7. The molecule has 1 aliphatic carbocycles. The van der Waals surface area contributed by atoms with Crippen molar-refractivity contribution in [2.45, 2.75) is 76.5 Å². The van der Waals surface area contributed by atoms with Crippen molar-refractivity contribution in [2.24, 2.45) is 5.41 Å². The fraction of sp³-hybridized carbons (Fsp3) is 0.341. The van der Waals surface area contributed by atoms with E-state index in [2.05, 4.69) is 21.3 Å². The molecule has 1 unspecified atom stereocenters. The van der Waals surface area contributed by atoms with E-state index in [-0.39, 0.29) is 18.7 Å². The van der Waals surface area contributed by atoms with Gasteiger partial charge in [-0.05, 0) is 70.0 Å². The maximum atomic E-state index is 14.3. The number of phenolic OH excluding ortho intramolecular Hbond substituents is 1. The van der Waals surface area contributed by atoms with E-state index in [9.17, 15) is 29.7 Å². The zero-order valence-electron chi connectivity index (χ0n) is 32.4. The minimum Gasteiger partial charge on any atom is -0.504 e. The average Bonchev–Trinajstić information content (AvgIpc) is 3.49. The van der Waals surface area contributed by atoms with Crippen LogP contribution in [-0.4, -0.2) is 77.6 Å². The van der Waals surface area contributed by atoms with Crippen LogP contribution in [0.4, 0.5) is 0 Å². The molecule has 0 spiro atoms. The van der Waals surface area contributed by atoms with Gasteiger partial charge in [-0.25, -0.2) is 0 Å². The smallest absolute Gasteiger partial charge is 0.244 e. The van der Waals surface area contributed by atoms with E-state index in [1.54, 1.807) is 31.4 Å². The van der Waals surface area contributed by atoms with Crippen molar-refractivity contribution in [3.8, 4) is 17.2 Å². The second-order valence-corrected chi connectivity index (χ2v) is 15.0. The van der Waals surface area contributed by atoms with E-state index in [1.165, 1.54) is 25.3 Å². The number of benzene rings is 4. The number of hydrogen-bond donors (Lipinski definition) is 7. The van der Waals surface area contributed by atoms with Crippen LogP contribution in [0.1, 0.15) is 54.6 Å². The fourth-order valence-electron chi connectivity index (χ4n) is 6.80. The Kier molecular flexibility index (Phi) is 13.9. The number of nitrogens with one attached hydrogen (secondary N) is 4. The van der Waals surface area contributed by atoms with Gasteiger partial charge in [0.1, 0.15) is 17.8 Å².